The van der Waals surface area contributed by atoms with Crippen molar-refractivity contribution >= 4 is 17.5 Å². The molecule has 0 radical (unpaired) electrons. The molecule has 2 aromatic rings. The van der Waals surface area contributed by atoms with Gasteiger partial charge in [-0.2, -0.15) is 0 Å². The Morgan fingerprint density at radius 1 is 0.886 bits per heavy atom. The third-order valence-corrected chi connectivity index (χ3v) is 6.33. The molecule has 9 N–H and O–H groups in total. The van der Waals surface area contributed by atoms with Crippen LogP contribution >= 0.6 is 0 Å². The van der Waals surface area contributed by atoms with Crippen LogP contribution in [-0.2, 0) is 4.74 Å². The van der Waals surface area contributed by atoms with Crippen LogP contribution in [0.25, 0.3) is 0 Å². The maximum atomic E-state index is 13.4. The number of benzene rings is 2. The summed E-state index contributed by atoms with van der Waals surface area (Å²) in [5.41, 5.74) is -4.49. The van der Waals surface area contributed by atoms with Crippen LogP contribution in [0.1, 0.15) is 59.4 Å². The molecule has 2 aromatic carbocycles. The number of phenols is 4. The first kappa shape index (κ1) is 24.4. The van der Waals surface area contributed by atoms with Crippen molar-refractivity contribution in [1.29, 1.82) is 0 Å². The number of carboxylic acid groups (broad SMARTS) is 1. The van der Waals surface area contributed by atoms with Gasteiger partial charge in [-0.3, -0.25) is 9.59 Å². The van der Waals surface area contributed by atoms with E-state index in [0.29, 0.717) is 6.07 Å². The van der Waals surface area contributed by atoms with Gasteiger partial charge in [-0.25, -0.2) is 4.79 Å². The van der Waals surface area contributed by atoms with Crippen molar-refractivity contribution in [3.8, 4) is 23.0 Å². The van der Waals surface area contributed by atoms with Crippen LogP contribution in [0, 0.1) is 6.92 Å². The lowest BCUT2D eigenvalue weighted by atomic mass is 9.77. The van der Waals surface area contributed by atoms with Gasteiger partial charge < -0.3 is 50.7 Å². The molecule has 5 atom stereocenters. The second-order valence-electron chi connectivity index (χ2n) is 8.24. The molecule has 13 nitrogen and oxygen atoms in total. The lowest BCUT2D eigenvalue weighted by Gasteiger charge is -2.40. The first-order valence-corrected chi connectivity index (χ1v) is 10.2. The van der Waals surface area contributed by atoms with E-state index < -0.39 is 111 Å². The number of carbonyl (C=O) groups is 3. The molecule has 13 heteroatoms. The van der Waals surface area contributed by atoms with Gasteiger partial charge in [0, 0.05) is 11.1 Å². The Kier molecular flexibility index (Phi) is 5.70. The third-order valence-electron chi connectivity index (χ3n) is 6.33. The fraction of sp³-hybridized carbons (Fsp3) is 0.318. The molecule has 35 heavy (non-hydrogen) atoms. The standard InChI is InChI=1S/C22H20O13/c1-4-8-5(2-6(24)9(4)22(33)34)13(25)10-11(15(8)27)16(28)12(18(30)17(10)29)21-20(32)19(31)14(26)7(3-23)35-21/h2,7,14,19-21,23-24,26,28-32H,3H2,1H3,(H,33,34)/t7?,14-,19+,20+,21+/m1/s1. The molecule has 0 aromatic heterocycles. The van der Waals surface area contributed by atoms with E-state index in [9.17, 15) is 60.3 Å². The van der Waals surface area contributed by atoms with Crippen molar-refractivity contribution in [3.05, 3.63) is 45.0 Å². The van der Waals surface area contributed by atoms with Crippen LogP contribution in [0.5, 0.6) is 23.0 Å². The zero-order valence-corrected chi connectivity index (χ0v) is 17.8. The van der Waals surface area contributed by atoms with Crippen molar-refractivity contribution in [3.63, 3.8) is 0 Å². The van der Waals surface area contributed by atoms with E-state index in [-0.39, 0.29) is 5.56 Å². The Balaban J connectivity index is 1.99. The van der Waals surface area contributed by atoms with Crippen LogP contribution in [0.3, 0.4) is 0 Å². The highest BCUT2D eigenvalue weighted by Gasteiger charge is 2.48. The van der Waals surface area contributed by atoms with Gasteiger partial charge in [-0.15, -0.1) is 0 Å². The van der Waals surface area contributed by atoms with E-state index >= 15 is 0 Å². The molecule has 1 aliphatic heterocycles. The molecule has 1 saturated heterocycles. The number of ketones is 2. The third kappa shape index (κ3) is 3.25. The number of aromatic carboxylic acids is 1. The van der Waals surface area contributed by atoms with Gasteiger partial charge >= 0.3 is 5.97 Å². The van der Waals surface area contributed by atoms with Crippen molar-refractivity contribution in [2.24, 2.45) is 0 Å². The van der Waals surface area contributed by atoms with Crippen LogP contribution in [0.15, 0.2) is 6.07 Å². The van der Waals surface area contributed by atoms with Crippen LogP contribution < -0.4 is 0 Å². The molecule has 0 amide bonds. The Hall–Kier alpha value is -3.75. The molecule has 186 valence electrons. The summed E-state index contributed by atoms with van der Waals surface area (Å²) in [5.74, 6) is -8.24. The Labute approximate surface area is 195 Å². The predicted molar refractivity (Wildman–Crippen MR) is 111 cm³/mol. The molecule has 1 unspecified atom stereocenters. The van der Waals surface area contributed by atoms with E-state index in [4.69, 9.17) is 4.74 Å². The average Bonchev–Trinajstić information content (AvgIpc) is 2.79. The fourth-order valence-electron chi connectivity index (χ4n) is 4.58. The number of phenolic OH excluding ortho intramolecular Hbond substituents is 3. The first-order chi connectivity index (χ1) is 16.3. The molecular formula is C22H20O13. The van der Waals surface area contributed by atoms with Gasteiger partial charge in [0.2, 0.25) is 0 Å². The highest BCUT2D eigenvalue weighted by molar-refractivity contribution is 6.31. The summed E-state index contributed by atoms with van der Waals surface area (Å²) < 4.78 is 5.30. The smallest absolute Gasteiger partial charge is 0.339 e. The van der Waals surface area contributed by atoms with Gasteiger partial charge in [0.05, 0.1) is 23.3 Å². The number of carboxylic acids is 1. The fourth-order valence-corrected chi connectivity index (χ4v) is 4.58. The van der Waals surface area contributed by atoms with Gasteiger partial charge in [0.25, 0.3) is 0 Å². The SMILES string of the molecule is Cc1c(C(=O)O)c(O)cc2c1C(=O)c1c(O)c([C@@H]3OC(CO)[C@@H](O)[C@H](O)[C@@H]3O)c(O)c(O)c1C2=O. The monoisotopic (exact) mass is 492 g/mol. The Bertz CT molecular complexity index is 1300. The highest BCUT2D eigenvalue weighted by atomic mass is 16.5. The highest BCUT2D eigenvalue weighted by Crippen LogP contribution is 2.52. The second-order valence-corrected chi connectivity index (χ2v) is 8.24. The molecule has 1 fully saturated rings. The van der Waals surface area contributed by atoms with Gasteiger partial charge in [0.15, 0.2) is 23.1 Å². The molecule has 0 spiro atoms. The van der Waals surface area contributed by atoms with E-state index in [1.54, 1.807) is 0 Å². The normalized spacial score (nSPS) is 25.8. The molecule has 2 aliphatic rings. The van der Waals surface area contributed by atoms with Crippen molar-refractivity contribution in [2.45, 2.75) is 37.4 Å². The van der Waals surface area contributed by atoms with E-state index in [1.165, 1.54) is 0 Å². The van der Waals surface area contributed by atoms with Gasteiger partial charge in [0.1, 0.15) is 47.6 Å². The summed E-state index contributed by atoms with van der Waals surface area (Å²) in [4.78, 5) is 38.1. The van der Waals surface area contributed by atoms with Crippen molar-refractivity contribution < 1.29 is 65.1 Å². The summed E-state index contributed by atoms with van der Waals surface area (Å²) in [6.07, 6.45) is -9.12. The van der Waals surface area contributed by atoms with Crippen LogP contribution in [0.2, 0.25) is 0 Å². The van der Waals surface area contributed by atoms with Gasteiger partial charge in [-0.1, -0.05) is 0 Å². The summed E-state index contributed by atoms with van der Waals surface area (Å²) in [6, 6.07) is 0.716. The van der Waals surface area contributed by atoms with E-state index in [2.05, 4.69) is 0 Å². The van der Waals surface area contributed by atoms with Crippen LogP contribution in [-0.4, -0.2) is 94.5 Å². The van der Waals surface area contributed by atoms with E-state index in [0.717, 1.165) is 6.92 Å². The minimum Gasteiger partial charge on any atom is -0.507 e. The number of rotatable bonds is 3. The number of hydrogen-bond acceptors (Lipinski definition) is 12. The number of aliphatic hydroxyl groups excluding tert-OH is 4. The first-order valence-electron chi connectivity index (χ1n) is 10.2. The van der Waals surface area contributed by atoms with E-state index in [1.807, 2.05) is 0 Å². The zero-order chi connectivity index (χ0) is 26.1. The van der Waals surface area contributed by atoms with Crippen molar-refractivity contribution in [1.82, 2.24) is 0 Å². The largest absolute Gasteiger partial charge is 0.507 e. The summed E-state index contributed by atoms with van der Waals surface area (Å²) in [6.45, 7) is 0.291. The lowest BCUT2D eigenvalue weighted by Crippen LogP contribution is -2.55. The average molecular weight is 492 g/mol. The molecule has 1 heterocycles. The number of aliphatic hydroxyl groups is 4. The molecular weight excluding hydrogens is 472 g/mol. The molecule has 0 bridgehead atoms. The minimum atomic E-state index is -2.03. The topological polar surface area (TPSA) is 243 Å². The zero-order valence-electron chi connectivity index (χ0n) is 17.8. The van der Waals surface area contributed by atoms with Crippen molar-refractivity contribution in [2.75, 3.05) is 6.61 Å². The number of hydrogen-bond donors (Lipinski definition) is 9. The maximum absolute atomic E-state index is 13.4. The summed E-state index contributed by atoms with van der Waals surface area (Å²) >= 11 is 0. The number of aromatic hydroxyl groups is 4. The predicted octanol–water partition coefficient (Wildman–Crippen LogP) is -1.19. The summed E-state index contributed by atoms with van der Waals surface area (Å²) in [7, 11) is 0. The quantitative estimate of drug-likeness (QED) is 0.154. The lowest BCUT2D eigenvalue weighted by molar-refractivity contribution is -0.232. The van der Waals surface area contributed by atoms with Crippen LogP contribution in [0.4, 0.5) is 0 Å². The molecule has 1 aliphatic carbocycles. The number of fused-ring (bicyclic) bond motifs is 2. The number of carbonyl (C=O) groups excluding carboxylic acids is 2. The molecule has 4 rings (SSSR count). The minimum absolute atomic E-state index is 0.308. The summed E-state index contributed by atoms with van der Waals surface area (Å²) in [5, 5.41) is 91.5. The maximum Gasteiger partial charge on any atom is 0.339 e. The second kappa shape index (κ2) is 8.18. The Morgan fingerprint density at radius 3 is 2.06 bits per heavy atom. The van der Waals surface area contributed by atoms with Gasteiger partial charge in [-0.05, 0) is 18.6 Å². The Morgan fingerprint density at radius 2 is 1.49 bits per heavy atom. The number of ether oxygens (including phenoxy) is 1. The molecule has 0 saturated carbocycles.